The van der Waals surface area contributed by atoms with Crippen molar-refractivity contribution in [2.45, 2.75) is 40.0 Å². The summed E-state index contributed by atoms with van der Waals surface area (Å²) in [6.45, 7) is 9.06. The summed E-state index contributed by atoms with van der Waals surface area (Å²) in [4.78, 5) is 18.1. The summed E-state index contributed by atoms with van der Waals surface area (Å²) in [5.74, 6) is 1.89. The van der Waals surface area contributed by atoms with Crippen molar-refractivity contribution >= 4 is 11.7 Å². The van der Waals surface area contributed by atoms with Crippen molar-refractivity contribution in [1.82, 2.24) is 10.3 Å². The molecule has 4 nitrogen and oxygen atoms in total. The van der Waals surface area contributed by atoms with E-state index < -0.39 is 0 Å². The first kappa shape index (κ1) is 16.5. The Morgan fingerprint density at radius 1 is 1.30 bits per heavy atom. The Morgan fingerprint density at radius 2 is 1.95 bits per heavy atom. The zero-order chi connectivity index (χ0) is 15.3. The Labute approximate surface area is 122 Å². The van der Waals surface area contributed by atoms with Gasteiger partial charge in [-0.05, 0) is 36.0 Å². The van der Waals surface area contributed by atoms with Crippen LogP contribution in [0.5, 0.6) is 0 Å². The molecule has 0 fully saturated rings. The molecule has 1 N–H and O–H groups in total. The van der Waals surface area contributed by atoms with Crippen LogP contribution in [0.15, 0.2) is 12.1 Å². The molecule has 0 aromatic carbocycles. The van der Waals surface area contributed by atoms with Crippen LogP contribution in [0.25, 0.3) is 0 Å². The van der Waals surface area contributed by atoms with E-state index in [1.54, 1.807) is 7.05 Å². The first-order chi connectivity index (χ1) is 9.33. The molecule has 0 saturated heterocycles. The predicted molar refractivity (Wildman–Crippen MR) is 84.2 cm³/mol. The molecule has 1 amide bonds. The van der Waals surface area contributed by atoms with Crippen molar-refractivity contribution in [1.29, 1.82) is 0 Å². The summed E-state index contributed by atoms with van der Waals surface area (Å²) in [5, 5.41) is 2.64. The zero-order valence-electron chi connectivity index (χ0n) is 13.5. The molecule has 1 aromatic heterocycles. The molecule has 1 aromatic rings. The molecular formula is C16H27N3O. The second kappa shape index (κ2) is 7.27. The Morgan fingerprint density at radius 3 is 2.45 bits per heavy atom. The highest BCUT2D eigenvalue weighted by atomic mass is 16.1. The summed E-state index contributed by atoms with van der Waals surface area (Å²) >= 11 is 0. The van der Waals surface area contributed by atoms with E-state index in [-0.39, 0.29) is 5.91 Å². The molecule has 1 heterocycles. The lowest BCUT2D eigenvalue weighted by Gasteiger charge is -2.20. The second-order valence-electron chi connectivity index (χ2n) is 6.03. The number of aromatic nitrogens is 1. The number of amides is 1. The molecule has 0 unspecified atom stereocenters. The van der Waals surface area contributed by atoms with Crippen molar-refractivity contribution in [3.8, 4) is 0 Å². The first-order valence-electron chi connectivity index (χ1n) is 7.26. The molecule has 0 radical (unpaired) electrons. The molecular weight excluding hydrogens is 250 g/mol. The van der Waals surface area contributed by atoms with Gasteiger partial charge in [-0.25, -0.2) is 4.98 Å². The number of hydrogen-bond donors (Lipinski definition) is 1. The maximum absolute atomic E-state index is 11.5. The average molecular weight is 277 g/mol. The van der Waals surface area contributed by atoms with E-state index in [0.717, 1.165) is 17.9 Å². The summed E-state index contributed by atoms with van der Waals surface area (Å²) in [6, 6.07) is 4.26. The number of rotatable bonds is 6. The zero-order valence-corrected chi connectivity index (χ0v) is 13.5. The van der Waals surface area contributed by atoms with Gasteiger partial charge in [0, 0.05) is 19.8 Å². The Bertz CT molecular complexity index is 455. The van der Waals surface area contributed by atoms with E-state index >= 15 is 0 Å². The highest BCUT2D eigenvalue weighted by Crippen LogP contribution is 2.22. The van der Waals surface area contributed by atoms with Crippen LogP contribution in [0, 0.1) is 5.92 Å². The molecule has 0 aliphatic carbocycles. The lowest BCUT2D eigenvalue weighted by molar-refractivity contribution is -0.119. The lowest BCUT2D eigenvalue weighted by Crippen LogP contribution is -2.33. The topological polar surface area (TPSA) is 45.2 Å². The minimum absolute atomic E-state index is 0.00494. The maximum atomic E-state index is 11.5. The van der Waals surface area contributed by atoms with Gasteiger partial charge in [-0.1, -0.05) is 27.7 Å². The van der Waals surface area contributed by atoms with Crippen LogP contribution in [0.4, 0.5) is 5.82 Å². The van der Waals surface area contributed by atoms with E-state index in [4.69, 9.17) is 0 Å². The van der Waals surface area contributed by atoms with Gasteiger partial charge in [0.05, 0.1) is 6.54 Å². The van der Waals surface area contributed by atoms with E-state index in [9.17, 15) is 4.79 Å². The molecule has 0 bridgehead atoms. The summed E-state index contributed by atoms with van der Waals surface area (Å²) < 4.78 is 0. The van der Waals surface area contributed by atoms with Gasteiger partial charge >= 0.3 is 0 Å². The summed E-state index contributed by atoms with van der Waals surface area (Å²) in [7, 11) is 3.55. The quantitative estimate of drug-likeness (QED) is 0.869. The fraction of sp³-hybridized carbons (Fsp3) is 0.625. The van der Waals surface area contributed by atoms with Crippen LogP contribution in [-0.2, 0) is 11.2 Å². The third kappa shape index (κ3) is 4.83. The summed E-state index contributed by atoms with van der Waals surface area (Å²) in [6.07, 6.45) is 0.960. The minimum atomic E-state index is -0.00494. The van der Waals surface area contributed by atoms with Gasteiger partial charge in [0.15, 0.2) is 0 Å². The van der Waals surface area contributed by atoms with Crippen LogP contribution in [0.2, 0.25) is 0 Å². The molecule has 112 valence electrons. The number of pyridine rings is 1. The van der Waals surface area contributed by atoms with Crippen LogP contribution in [0.1, 0.15) is 44.9 Å². The highest BCUT2D eigenvalue weighted by Gasteiger charge is 2.12. The van der Waals surface area contributed by atoms with Gasteiger partial charge in [-0.15, -0.1) is 0 Å². The number of carbonyl (C=O) groups is 1. The average Bonchev–Trinajstić information content (AvgIpc) is 2.37. The molecule has 0 spiro atoms. The molecule has 0 aliphatic rings. The Hall–Kier alpha value is -1.58. The number of anilines is 1. The number of hydrogen-bond acceptors (Lipinski definition) is 3. The number of carbonyl (C=O) groups excluding carboxylic acids is 1. The van der Waals surface area contributed by atoms with E-state index in [1.807, 2.05) is 11.9 Å². The van der Waals surface area contributed by atoms with E-state index in [0.29, 0.717) is 18.4 Å². The summed E-state index contributed by atoms with van der Waals surface area (Å²) in [5.41, 5.74) is 2.37. The van der Waals surface area contributed by atoms with Crippen molar-refractivity contribution in [2.24, 2.45) is 5.92 Å². The molecule has 4 heteroatoms. The predicted octanol–water partition coefficient (Wildman–Crippen LogP) is 2.59. The molecule has 20 heavy (non-hydrogen) atoms. The van der Waals surface area contributed by atoms with Crippen molar-refractivity contribution < 1.29 is 4.79 Å². The van der Waals surface area contributed by atoms with Crippen molar-refractivity contribution in [3.05, 3.63) is 23.4 Å². The van der Waals surface area contributed by atoms with E-state index in [1.165, 1.54) is 5.56 Å². The third-order valence-electron chi connectivity index (χ3n) is 3.22. The normalized spacial score (nSPS) is 11.0. The van der Waals surface area contributed by atoms with Crippen LogP contribution >= 0.6 is 0 Å². The van der Waals surface area contributed by atoms with E-state index in [2.05, 4.69) is 50.1 Å². The lowest BCUT2D eigenvalue weighted by atomic mass is 10.00. The van der Waals surface area contributed by atoms with Crippen LogP contribution in [0.3, 0.4) is 0 Å². The molecule has 0 aliphatic heterocycles. The maximum Gasteiger partial charge on any atom is 0.239 e. The second-order valence-corrected chi connectivity index (χ2v) is 6.03. The SMILES string of the molecule is CNC(=O)CN(C)c1cc(C(C)C)cc(CC(C)C)n1. The van der Waals surface area contributed by atoms with Gasteiger partial charge in [0.25, 0.3) is 0 Å². The first-order valence-corrected chi connectivity index (χ1v) is 7.26. The third-order valence-corrected chi connectivity index (χ3v) is 3.22. The number of nitrogens with one attached hydrogen (secondary N) is 1. The van der Waals surface area contributed by atoms with Gasteiger partial charge in [0.2, 0.25) is 5.91 Å². The highest BCUT2D eigenvalue weighted by molar-refractivity contribution is 5.80. The van der Waals surface area contributed by atoms with Gasteiger partial charge < -0.3 is 10.2 Å². The Balaban J connectivity index is 3.04. The smallest absolute Gasteiger partial charge is 0.239 e. The number of nitrogens with zero attached hydrogens (tertiary/aromatic N) is 2. The Kier molecular flexibility index (Phi) is 5.99. The molecule has 1 rings (SSSR count). The molecule has 0 saturated carbocycles. The minimum Gasteiger partial charge on any atom is -0.358 e. The number of likely N-dealkylation sites (N-methyl/N-ethyl adjacent to an activating group) is 2. The van der Waals surface area contributed by atoms with Gasteiger partial charge in [-0.2, -0.15) is 0 Å². The van der Waals surface area contributed by atoms with Crippen LogP contribution < -0.4 is 10.2 Å². The monoisotopic (exact) mass is 277 g/mol. The van der Waals surface area contributed by atoms with Crippen LogP contribution in [-0.4, -0.2) is 31.5 Å². The molecule has 0 atom stereocenters. The van der Waals surface area contributed by atoms with Gasteiger partial charge in [0.1, 0.15) is 5.82 Å². The fourth-order valence-electron chi connectivity index (χ4n) is 2.02. The van der Waals surface area contributed by atoms with Crippen molar-refractivity contribution in [2.75, 3.05) is 25.5 Å². The standard InChI is InChI=1S/C16H27N3O/c1-11(2)7-14-8-13(12(3)4)9-15(18-14)19(6)10-16(20)17-5/h8-9,11-12H,7,10H2,1-6H3,(H,17,20). The largest absolute Gasteiger partial charge is 0.358 e. The van der Waals surface area contributed by atoms with Gasteiger partial charge in [-0.3, -0.25) is 4.79 Å². The fourth-order valence-corrected chi connectivity index (χ4v) is 2.02. The van der Waals surface area contributed by atoms with Crippen molar-refractivity contribution in [3.63, 3.8) is 0 Å².